The van der Waals surface area contributed by atoms with E-state index in [2.05, 4.69) is 5.32 Å². The van der Waals surface area contributed by atoms with Gasteiger partial charge in [0.15, 0.2) is 6.10 Å². The maximum absolute atomic E-state index is 12.0. The Kier molecular flexibility index (Phi) is 6.34. The van der Waals surface area contributed by atoms with Crippen LogP contribution in [-0.4, -0.2) is 24.6 Å². The number of benzene rings is 1. The van der Waals surface area contributed by atoms with Crippen molar-refractivity contribution in [3.8, 4) is 11.8 Å². The van der Waals surface area contributed by atoms with Gasteiger partial charge in [-0.25, -0.2) is 0 Å². The van der Waals surface area contributed by atoms with Gasteiger partial charge in [0.1, 0.15) is 16.8 Å². The molecule has 1 atom stereocenters. The van der Waals surface area contributed by atoms with Crippen molar-refractivity contribution >= 4 is 28.2 Å². The van der Waals surface area contributed by atoms with Gasteiger partial charge in [0.2, 0.25) is 0 Å². The lowest BCUT2D eigenvalue weighted by molar-refractivity contribution is -0.153. The summed E-state index contributed by atoms with van der Waals surface area (Å²) in [5.41, 5.74) is 0.378. The Balaban J connectivity index is 1.74. The second-order valence-corrected chi connectivity index (χ2v) is 5.72. The zero-order valence-electron chi connectivity index (χ0n) is 13.0. The number of nitrogens with zero attached hydrogens (tertiary/aromatic N) is 1. The van der Waals surface area contributed by atoms with E-state index in [0.717, 1.165) is 0 Å². The van der Waals surface area contributed by atoms with Crippen LogP contribution in [0.15, 0.2) is 41.8 Å². The Morgan fingerprint density at radius 1 is 1.29 bits per heavy atom. The molecule has 0 bridgehead atoms. The van der Waals surface area contributed by atoms with Crippen molar-refractivity contribution in [2.75, 3.05) is 11.9 Å². The summed E-state index contributed by atoms with van der Waals surface area (Å²) in [4.78, 5) is 23.7. The van der Waals surface area contributed by atoms with Gasteiger partial charge in [0.05, 0.1) is 18.6 Å². The Hall–Kier alpha value is -2.85. The summed E-state index contributed by atoms with van der Waals surface area (Å²) >= 11 is 1.24. The molecule has 0 saturated carbocycles. The molecule has 0 aliphatic rings. The number of hydrogen-bond acceptors (Lipinski definition) is 6. The van der Waals surface area contributed by atoms with Crippen LogP contribution in [0.4, 0.5) is 5.00 Å². The molecule has 0 aliphatic heterocycles. The third kappa shape index (κ3) is 5.11. The predicted molar refractivity (Wildman–Crippen MR) is 89.8 cm³/mol. The summed E-state index contributed by atoms with van der Waals surface area (Å²) < 4.78 is 10.5. The highest BCUT2D eigenvalue weighted by Crippen LogP contribution is 2.22. The molecule has 0 spiro atoms. The van der Waals surface area contributed by atoms with E-state index in [4.69, 9.17) is 14.7 Å². The minimum absolute atomic E-state index is 0.0367. The molecule has 0 radical (unpaired) electrons. The molecule has 0 saturated heterocycles. The van der Waals surface area contributed by atoms with Crippen molar-refractivity contribution in [1.82, 2.24) is 0 Å². The standard InChI is InChI=1S/C17H16N2O4S/c1-12(16(21)19-17-13(11-18)8-10-24-17)23-15(20)7-9-22-14-5-3-2-4-6-14/h2-6,8,10,12H,7,9H2,1H3,(H,19,21)/t12-/m1/s1. The highest BCUT2D eigenvalue weighted by atomic mass is 32.1. The Morgan fingerprint density at radius 3 is 2.75 bits per heavy atom. The van der Waals surface area contributed by atoms with Gasteiger partial charge >= 0.3 is 5.97 Å². The number of rotatable bonds is 7. The third-order valence-electron chi connectivity index (χ3n) is 3.02. The maximum atomic E-state index is 12.0. The monoisotopic (exact) mass is 344 g/mol. The van der Waals surface area contributed by atoms with Crippen molar-refractivity contribution in [2.24, 2.45) is 0 Å². The van der Waals surface area contributed by atoms with Gasteiger partial charge in [-0.2, -0.15) is 5.26 Å². The van der Waals surface area contributed by atoms with Crippen molar-refractivity contribution in [2.45, 2.75) is 19.4 Å². The molecule has 7 heteroatoms. The minimum atomic E-state index is -0.956. The number of esters is 1. The first kappa shape index (κ1) is 17.5. The molecular weight excluding hydrogens is 328 g/mol. The zero-order valence-corrected chi connectivity index (χ0v) is 13.8. The molecule has 0 unspecified atom stereocenters. The lowest BCUT2D eigenvalue weighted by Gasteiger charge is -2.13. The predicted octanol–water partition coefficient (Wildman–Crippen LogP) is 2.96. The second kappa shape index (κ2) is 8.70. The summed E-state index contributed by atoms with van der Waals surface area (Å²) in [6, 6.07) is 12.7. The van der Waals surface area contributed by atoms with Gasteiger partial charge in [-0.15, -0.1) is 11.3 Å². The van der Waals surface area contributed by atoms with E-state index in [1.54, 1.807) is 23.6 Å². The molecule has 124 valence electrons. The fraction of sp³-hybridized carbons (Fsp3) is 0.235. The van der Waals surface area contributed by atoms with Crippen LogP contribution >= 0.6 is 11.3 Å². The van der Waals surface area contributed by atoms with Crippen molar-refractivity contribution in [3.05, 3.63) is 47.3 Å². The smallest absolute Gasteiger partial charge is 0.310 e. The molecule has 1 amide bonds. The van der Waals surface area contributed by atoms with Crippen molar-refractivity contribution < 1.29 is 19.1 Å². The van der Waals surface area contributed by atoms with Crippen LogP contribution in [0.25, 0.3) is 0 Å². The number of nitriles is 1. The van der Waals surface area contributed by atoms with Crippen molar-refractivity contribution in [1.29, 1.82) is 5.26 Å². The molecule has 0 fully saturated rings. The Labute approximate surface area is 143 Å². The van der Waals surface area contributed by atoms with Crippen LogP contribution in [0.2, 0.25) is 0 Å². The number of carbonyl (C=O) groups is 2. The summed E-state index contributed by atoms with van der Waals surface area (Å²) in [6.07, 6.45) is -0.919. The number of thiophene rings is 1. The molecule has 0 aliphatic carbocycles. The van der Waals surface area contributed by atoms with Crippen LogP contribution in [-0.2, 0) is 14.3 Å². The SMILES string of the molecule is C[C@@H](OC(=O)CCOc1ccccc1)C(=O)Nc1sccc1C#N. The normalized spacial score (nSPS) is 11.2. The highest BCUT2D eigenvalue weighted by molar-refractivity contribution is 7.14. The molecule has 24 heavy (non-hydrogen) atoms. The van der Waals surface area contributed by atoms with Gasteiger partial charge in [0, 0.05) is 0 Å². The summed E-state index contributed by atoms with van der Waals surface area (Å²) in [7, 11) is 0. The largest absolute Gasteiger partial charge is 0.493 e. The molecule has 1 aromatic carbocycles. The Bertz CT molecular complexity index is 737. The fourth-order valence-corrected chi connectivity index (χ4v) is 2.53. The second-order valence-electron chi connectivity index (χ2n) is 4.81. The third-order valence-corrected chi connectivity index (χ3v) is 3.85. The molecule has 1 N–H and O–H groups in total. The molecular formula is C17H16N2O4S. The number of hydrogen-bond donors (Lipinski definition) is 1. The number of ether oxygens (including phenoxy) is 2. The number of nitrogens with one attached hydrogen (secondary N) is 1. The molecule has 2 rings (SSSR count). The number of para-hydroxylation sites is 1. The van der Waals surface area contributed by atoms with Gasteiger partial charge in [-0.1, -0.05) is 18.2 Å². The lowest BCUT2D eigenvalue weighted by atomic mass is 10.3. The molecule has 1 aromatic heterocycles. The van der Waals surface area contributed by atoms with E-state index >= 15 is 0 Å². The van der Waals surface area contributed by atoms with Gasteiger partial charge in [-0.3, -0.25) is 9.59 Å². The first-order valence-electron chi connectivity index (χ1n) is 7.26. The number of carbonyl (C=O) groups excluding carboxylic acids is 2. The van der Waals surface area contributed by atoms with E-state index < -0.39 is 18.0 Å². The first-order valence-corrected chi connectivity index (χ1v) is 8.14. The number of anilines is 1. The fourth-order valence-electron chi connectivity index (χ4n) is 1.79. The molecule has 6 nitrogen and oxygen atoms in total. The summed E-state index contributed by atoms with van der Waals surface area (Å²) in [5.74, 6) is -0.343. The van der Waals surface area contributed by atoms with E-state index in [9.17, 15) is 9.59 Å². The van der Waals surface area contributed by atoms with Gasteiger partial charge in [-0.05, 0) is 30.5 Å². The molecule has 2 aromatic rings. The van der Waals surface area contributed by atoms with Crippen LogP contribution in [0.3, 0.4) is 0 Å². The minimum Gasteiger partial charge on any atom is -0.493 e. The molecule has 1 heterocycles. The average Bonchev–Trinajstić information content (AvgIpc) is 3.02. The average molecular weight is 344 g/mol. The Morgan fingerprint density at radius 2 is 2.04 bits per heavy atom. The van der Waals surface area contributed by atoms with E-state index in [0.29, 0.717) is 16.3 Å². The summed E-state index contributed by atoms with van der Waals surface area (Å²) in [5, 5.41) is 13.6. The lowest BCUT2D eigenvalue weighted by Crippen LogP contribution is -2.30. The van der Waals surface area contributed by atoms with Gasteiger partial charge in [0.25, 0.3) is 5.91 Å². The zero-order chi connectivity index (χ0) is 17.4. The van der Waals surface area contributed by atoms with E-state index in [1.807, 2.05) is 24.3 Å². The van der Waals surface area contributed by atoms with Crippen LogP contribution in [0.5, 0.6) is 5.75 Å². The van der Waals surface area contributed by atoms with Crippen molar-refractivity contribution in [3.63, 3.8) is 0 Å². The maximum Gasteiger partial charge on any atom is 0.310 e. The number of amides is 1. The summed E-state index contributed by atoms with van der Waals surface area (Å²) in [6.45, 7) is 1.64. The van der Waals surface area contributed by atoms with Crippen LogP contribution in [0, 0.1) is 11.3 Å². The van der Waals surface area contributed by atoms with Crippen LogP contribution < -0.4 is 10.1 Å². The quantitative estimate of drug-likeness (QED) is 0.780. The van der Waals surface area contributed by atoms with Crippen LogP contribution in [0.1, 0.15) is 18.9 Å². The van der Waals surface area contributed by atoms with E-state index in [1.165, 1.54) is 18.3 Å². The van der Waals surface area contributed by atoms with Gasteiger partial charge < -0.3 is 14.8 Å². The first-order chi connectivity index (χ1) is 11.6. The topological polar surface area (TPSA) is 88.4 Å². The highest BCUT2D eigenvalue weighted by Gasteiger charge is 2.19. The van der Waals surface area contributed by atoms with E-state index in [-0.39, 0.29) is 13.0 Å².